The number of fused-ring (bicyclic) bond motifs is 1. The minimum absolute atomic E-state index is 0.109. The molecule has 2 N–H and O–H groups in total. The van der Waals surface area contributed by atoms with Crippen molar-refractivity contribution in [3.63, 3.8) is 0 Å². The maximum atomic E-state index is 14.1. The van der Waals surface area contributed by atoms with Crippen LogP contribution in [0.5, 0.6) is 0 Å². The van der Waals surface area contributed by atoms with Crippen LogP contribution in [0.1, 0.15) is 19.3 Å². The molecule has 3 aliphatic rings. The van der Waals surface area contributed by atoms with Crippen molar-refractivity contribution < 1.29 is 9.13 Å². The van der Waals surface area contributed by atoms with Crippen LogP contribution in [-0.4, -0.2) is 68.3 Å². The summed E-state index contributed by atoms with van der Waals surface area (Å²) in [4.78, 5) is 11.7. The number of nitrogens with zero attached hydrogens (tertiary/aromatic N) is 6. The Hall–Kier alpha value is -2.75. The quantitative estimate of drug-likeness (QED) is 0.706. The largest absolute Gasteiger partial charge is 0.378 e. The molecule has 3 aromatic rings. The Morgan fingerprint density at radius 2 is 2.21 bits per heavy atom. The molecule has 1 spiro atoms. The number of alkyl halides is 1. The van der Waals surface area contributed by atoms with E-state index in [4.69, 9.17) is 9.72 Å². The summed E-state index contributed by atoms with van der Waals surface area (Å²) >= 11 is 0. The van der Waals surface area contributed by atoms with Crippen LogP contribution in [0.25, 0.3) is 16.9 Å². The molecule has 146 valence electrons. The maximum absolute atomic E-state index is 14.1. The summed E-state index contributed by atoms with van der Waals surface area (Å²) in [5, 5.41) is 14.6. The second kappa shape index (κ2) is 5.87. The molecule has 1 saturated carbocycles. The van der Waals surface area contributed by atoms with Gasteiger partial charge < -0.3 is 15.0 Å². The Morgan fingerprint density at radius 1 is 1.32 bits per heavy atom. The molecule has 2 atom stereocenters. The molecule has 6 rings (SSSR count). The fourth-order valence-electron chi connectivity index (χ4n) is 4.23. The molecule has 2 unspecified atom stereocenters. The third-order valence-electron chi connectivity index (χ3n) is 6.06. The maximum Gasteiger partial charge on any atom is 0.243 e. The molecule has 3 aromatic heterocycles. The van der Waals surface area contributed by atoms with Crippen molar-refractivity contribution in [1.29, 1.82) is 0 Å². The highest BCUT2D eigenvalue weighted by molar-refractivity contribution is 5.86. The molecular weight excluding hydrogens is 363 g/mol. The molecule has 10 heteroatoms. The topological polar surface area (TPSA) is 96.3 Å². The van der Waals surface area contributed by atoms with Crippen molar-refractivity contribution in [2.75, 3.05) is 36.5 Å². The van der Waals surface area contributed by atoms with Gasteiger partial charge in [0.25, 0.3) is 0 Å². The summed E-state index contributed by atoms with van der Waals surface area (Å²) < 4.78 is 21.0. The van der Waals surface area contributed by atoms with E-state index in [2.05, 4.69) is 30.5 Å². The van der Waals surface area contributed by atoms with Gasteiger partial charge in [-0.2, -0.15) is 14.6 Å². The molecule has 3 fully saturated rings. The number of anilines is 2. The zero-order chi connectivity index (χ0) is 18.7. The average molecular weight is 384 g/mol. The van der Waals surface area contributed by atoms with Crippen LogP contribution in [0.4, 0.5) is 16.0 Å². The first-order chi connectivity index (χ1) is 13.7. The third kappa shape index (κ3) is 2.55. The number of halogens is 1. The first kappa shape index (κ1) is 16.2. The van der Waals surface area contributed by atoms with Crippen molar-refractivity contribution in [3.05, 3.63) is 18.7 Å². The van der Waals surface area contributed by atoms with Gasteiger partial charge in [0.15, 0.2) is 5.65 Å². The molecule has 0 bridgehead atoms. The lowest BCUT2D eigenvalue weighted by Gasteiger charge is -2.42. The number of hydrogen-bond donors (Lipinski definition) is 2. The molecule has 0 aromatic carbocycles. The third-order valence-corrected chi connectivity index (χ3v) is 6.06. The number of ether oxygens (including phenoxy) is 1. The molecule has 0 radical (unpaired) electrons. The standard InChI is InChI=1S/C18H21FN8O/c19-12-7-28-4-1-13(12)23-17-24-16-15(26-8-18(9-26)2-3-18)14(11-5-21-22-6-11)20-10-27(16)25-17/h5-6,10,12-13H,1-4,7-9H2,(H,21,22)(H,23,25). The van der Waals surface area contributed by atoms with E-state index in [9.17, 15) is 4.39 Å². The van der Waals surface area contributed by atoms with Crippen molar-refractivity contribution in [3.8, 4) is 11.3 Å². The highest BCUT2D eigenvalue weighted by Gasteiger charge is 2.53. The summed E-state index contributed by atoms with van der Waals surface area (Å²) in [5.74, 6) is 0.420. The van der Waals surface area contributed by atoms with E-state index in [1.54, 1.807) is 17.0 Å². The van der Waals surface area contributed by atoms with Crippen molar-refractivity contribution in [2.24, 2.45) is 5.41 Å². The van der Waals surface area contributed by atoms with E-state index >= 15 is 0 Å². The van der Waals surface area contributed by atoms with Gasteiger partial charge in [-0.25, -0.2) is 9.37 Å². The molecule has 1 aliphatic carbocycles. The van der Waals surface area contributed by atoms with Crippen molar-refractivity contribution in [2.45, 2.75) is 31.5 Å². The van der Waals surface area contributed by atoms with Gasteiger partial charge in [0.05, 0.1) is 18.8 Å². The van der Waals surface area contributed by atoms with E-state index in [0.29, 0.717) is 24.4 Å². The fourth-order valence-corrected chi connectivity index (χ4v) is 4.23. The molecular formula is C18H21FN8O. The Kier molecular flexibility index (Phi) is 3.40. The summed E-state index contributed by atoms with van der Waals surface area (Å²) in [5.41, 5.74) is 3.94. The molecule has 0 amide bonds. The molecule has 5 heterocycles. The van der Waals surface area contributed by atoms with Crippen molar-refractivity contribution in [1.82, 2.24) is 29.8 Å². The predicted octanol–water partition coefficient (Wildman–Crippen LogP) is 1.65. The van der Waals surface area contributed by atoms with Crippen molar-refractivity contribution >= 4 is 17.3 Å². The van der Waals surface area contributed by atoms with Gasteiger partial charge in [-0.15, -0.1) is 5.10 Å². The Bertz CT molecular complexity index is 1010. The molecule has 2 aliphatic heterocycles. The van der Waals surface area contributed by atoms with E-state index < -0.39 is 6.17 Å². The van der Waals surface area contributed by atoms with E-state index in [-0.39, 0.29) is 12.6 Å². The van der Waals surface area contributed by atoms with Crippen LogP contribution in [0, 0.1) is 5.41 Å². The number of aromatic amines is 1. The fraction of sp³-hybridized carbons (Fsp3) is 0.556. The summed E-state index contributed by atoms with van der Waals surface area (Å²) in [6.45, 7) is 2.68. The molecule has 9 nitrogen and oxygen atoms in total. The minimum atomic E-state index is -1.07. The van der Waals surface area contributed by atoms with Gasteiger partial charge in [-0.05, 0) is 19.3 Å². The average Bonchev–Trinajstić information content (AvgIpc) is 3.10. The van der Waals surface area contributed by atoms with Crippen LogP contribution < -0.4 is 10.2 Å². The number of rotatable bonds is 4. The summed E-state index contributed by atoms with van der Waals surface area (Å²) in [7, 11) is 0. The zero-order valence-electron chi connectivity index (χ0n) is 15.3. The van der Waals surface area contributed by atoms with Gasteiger partial charge in [-0.3, -0.25) is 5.10 Å². The van der Waals surface area contributed by atoms with Crippen LogP contribution in [-0.2, 0) is 4.74 Å². The van der Waals surface area contributed by atoms with Crippen LogP contribution in [0.15, 0.2) is 18.7 Å². The van der Waals surface area contributed by atoms with E-state index in [0.717, 1.165) is 35.7 Å². The number of hydrogen-bond acceptors (Lipinski definition) is 7. The second-order valence-corrected chi connectivity index (χ2v) is 8.12. The Balaban J connectivity index is 1.39. The smallest absolute Gasteiger partial charge is 0.243 e. The van der Waals surface area contributed by atoms with E-state index in [1.165, 1.54) is 12.8 Å². The lowest BCUT2D eigenvalue weighted by atomic mass is 9.95. The van der Waals surface area contributed by atoms with Gasteiger partial charge in [0.2, 0.25) is 5.95 Å². The zero-order valence-corrected chi connectivity index (χ0v) is 15.3. The first-order valence-corrected chi connectivity index (χ1v) is 9.69. The molecule has 28 heavy (non-hydrogen) atoms. The second-order valence-electron chi connectivity index (χ2n) is 8.12. The Labute approximate surface area is 160 Å². The van der Waals surface area contributed by atoms with Gasteiger partial charge in [0.1, 0.15) is 23.9 Å². The van der Waals surface area contributed by atoms with Gasteiger partial charge in [-0.1, -0.05) is 0 Å². The van der Waals surface area contributed by atoms with Crippen LogP contribution in [0.2, 0.25) is 0 Å². The Morgan fingerprint density at radius 3 is 2.96 bits per heavy atom. The summed E-state index contributed by atoms with van der Waals surface area (Å²) in [6.07, 6.45) is 7.37. The summed E-state index contributed by atoms with van der Waals surface area (Å²) in [6, 6.07) is -0.338. The minimum Gasteiger partial charge on any atom is -0.378 e. The van der Waals surface area contributed by atoms with E-state index in [1.807, 2.05) is 6.20 Å². The SMILES string of the molecule is FC1COCCC1Nc1nc2c(N3CC4(CC4)C3)c(-c3cn[nH]c3)ncn2n1. The van der Waals surface area contributed by atoms with Crippen LogP contribution in [0.3, 0.4) is 0 Å². The lowest BCUT2D eigenvalue weighted by molar-refractivity contribution is 0.0284. The first-order valence-electron chi connectivity index (χ1n) is 9.69. The highest BCUT2D eigenvalue weighted by atomic mass is 19.1. The number of nitrogens with one attached hydrogen (secondary N) is 2. The number of aromatic nitrogens is 6. The normalized spacial score (nSPS) is 25.8. The van der Waals surface area contributed by atoms with Gasteiger partial charge in [0, 0.05) is 36.9 Å². The predicted molar refractivity (Wildman–Crippen MR) is 100.0 cm³/mol. The molecule has 2 saturated heterocycles. The highest BCUT2D eigenvalue weighted by Crippen LogP contribution is 2.55. The van der Waals surface area contributed by atoms with Crippen LogP contribution >= 0.6 is 0 Å². The van der Waals surface area contributed by atoms with Gasteiger partial charge >= 0.3 is 0 Å². The number of H-pyrrole nitrogens is 1. The lowest BCUT2D eigenvalue weighted by Crippen LogP contribution is -2.49. The monoisotopic (exact) mass is 384 g/mol.